The van der Waals surface area contributed by atoms with Gasteiger partial charge in [-0.05, 0) is 48.9 Å². The molecule has 0 aliphatic carbocycles. The summed E-state index contributed by atoms with van der Waals surface area (Å²) >= 11 is 1.30. The van der Waals surface area contributed by atoms with Crippen molar-refractivity contribution in [2.24, 2.45) is 0 Å². The van der Waals surface area contributed by atoms with E-state index in [0.29, 0.717) is 34.3 Å². The Hall–Kier alpha value is -3.47. The lowest BCUT2D eigenvalue weighted by molar-refractivity contribution is -0.0974. The molecule has 0 unspecified atom stereocenters. The number of amides is 2. The Labute approximate surface area is 208 Å². The van der Waals surface area contributed by atoms with E-state index in [9.17, 15) is 9.59 Å². The predicted octanol–water partition coefficient (Wildman–Crippen LogP) is 4.21. The Bertz CT molecular complexity index is 1130. The van der Waals surface area contributed by atoms with Gasteiger partial charge in [0.1, 0.15) is 11.5 Å². The number of ether oxygens (including phenoxy) is 4. The van der Waals surface area contributed by atoms with Gasteiger partial charge in [-0.25, -0.2) is 4.98 Å². The predicted molar refractivity (Wildman–Crippen MR) is 134 cm³/mol. The molecule has 0 spiro atoms. The lowest BCUT2D eigenvalue weighted by Crippen LogP contribution is -2.34. The number of carbonyl (C=O) groups excluding carboxylic acids is 2. The maximum absolute atomic E-state index is 12.7. The maximum Gasteiger partial charge on any atom is 0.257 e. The highest BCUT2D eigenvalue weighted by molar-refractivity contribution is 7.14. The maximum atomic E-state index is 12.7. The molecule has 1 heterocycles. The third-order valence-corrected chi connectivity index (χ3v) is 5.77. The number of hydrogen-bond acceptors (Lipinski definition) is 8. The van der Waals surface area contributed by atoms with Gasteiger partial charge in [-0.3, -0.25) is 14.9 Å². The molecule has 35 heavy (non-hydrogen) atoms. The van der Waals surface area contributed by atoms with Crippen molar-refractivity contribution in [3.05, 3.63) is 59.0 Å². The van der Waals surface area contributed by atoms with Gasteiger partial charge in [0.2, 0.25) is 0 Å². The van der Waals surface area contributed by atoms with Crippen LogP contribution in [-0.2, 0) is 9.47 Å². The standard InChI is InChI=1S/C25H29N3O6S/c1-5-12-34-18-10-11-21(31-2)19(13-18)20-15-35-25(27-20)28-24(30)17-8-6-16(7-9-17)23(29)26-14-22(32-3)33-4/h6-11,13,15,22H,5,12,14H2,1-4H3,(H,26,29)(H,27,28,30). The van der Waals surface area contributed by atoms with E-state index in [-0.39, 0.29) is 18.4 Å². The van der Waals surface area contributed by atoms with Gasteiger partial charge in [0.05, 0.1) is 26.0 Å². The monoisotopic (exact) mass is 499 g/mol. The number of nitrogens with zero attached hydrogens (tertiary/aromatic N) is 1. The molecule has 0 saturated carbocycles. The highest BCUT2D eigenvalue weighted by atomic mass is 32.1. The zero-order chi connectivity index (χ0) is 25.2. The van der Waals surface area contributed by atoms with E-state index >= 15 is 0 Å². The van der Waals surface area contributed by atoms with Crippen LogP contribution >= 0.6 is 11.3 Å². The minimum atomic E-state index is -0.529. The third kappa shape index (κ3) is 7.01. The molecular formula is C25H29N3O6S. The summed E-state index contributed by atoms with van der Waals surface area (Å²) in [4.78, 5) is 29.5. The molecule has 2 amide bonds. The molecule has 0 aliphatic rings. The second kappa shape index (κ2) is 12.8. The lowest BCUT2D eigenvalue weighted by Gasteiger charge is -2.14. The minimum absolute atomic E-state index is 0.207. The van der Waals surface area contributed by atoms with E-state index in [4.69, 9.17) is 18.9 Å². The summed E-state index contributed by atoms with van der Waals surface area (Å²) in [5, 5.41) is 7.81. The average molecular weight is 500 g/mol. The quantitative estimate of drug-likeness (QED) is 0.360. The first-order valence-corrected chi connectivity index (χ1v) is 11.9. The van der Waals surface area contributed by atoms with E-state index < -0.39 is 6.29 Å². The fourth-order valence-electron chi connectivity index (χ4n) is 3.14. The molecule has 3 rings (SSSR count). The van der Waals surface area contributed by atoms with Gasteiger partial charge in [-0.15, -0.1) is 11.3 Å². The van der Waals surface area contributed by atoms with Crippen LogP contribution in [0.2, 0.25) is 0 Å². The van der Waals surface area contributed by atoms with E-state index in [0.717, 1.165) is 17.7 Å². The van der Waals surface area contributed by atoms with Crippen molar-refractivity contribution in [3.63, 3.8) is 0 Å². The minimum Gasteiger partial charge on any atom is -0.496 e. The normalized spacial score (nSPS) is 10.8. The Kier molecular flexibility index (Phi) is 9.59. The Morgan fingerprint density at radius 3 is 2.31 bits per heavy atom. The molecule has 0 atom stereocenters. The molecule has 0 aliphatic heterocycles. The topological polar surface area (TPSA) is 108 Å². The van der Waals surface area contributed by atoms with Crippen LogP contribution in [0.15, 0.2) is 47.8 Å². The van der Waals surface area contributed by atoms with Gasteiger partial charge in [0.25, 0.3) is 11.8 Å². The van der Waals surface area contributed by atoms with Crippen LogP contribution in [0, 0.1) is 0 Å². The number of hydrogen-bond donors (Lipinski definition) is 2. The van der Waals surface area contributed by atoms with Crippen molar-refractivity contribution in [1.82, 2.24) is 10.3 Å². The van der Waals surface area contributed by atoms with Gasteiger partial charge in [0.15, 0.2) is 11.4 Å². The molecule has 2 aromatic carbocycles. The van der Waals surface area contributed by atoms with Crippen molar-refractivity contribution in [2.45, 2.75) is 19.6 Å². The first-order chi connectivity index (χ1) is 17.0. The van der Waals surface area contributed by atoms with Crippen LogP contribution in [0.25, 0.3) is 11.3 Å². The van der Waals surface area contributed by atoms with Crippen molar-refractivity contribution in [1.29, 1.82) is 0 Å². The summed E-state index contributed by atoms with van der Waals surface area (Å²) in [6.07, 6.45) is 0.376. The molecule has 9 nitrogen and oxygen atoms in total. The van der Waals surface area contributed by atoms with Gasteiger partial charge in [0, 0.05) is 36.3 Å². The van der Waals surface area contributed by atoms with Crippen LogP contribution in [0.1, 0.15) is 34.1 Å². The van der Waals surface area contributed by atoms with Gasteiger partial charge in [-0.1, -0.05) is 6.92 Å². The van der Waals surface area contributed by atoms with E-state index in [1.54, 1.807) is 31.4 Å². The molecular weight excluding hydrogens is 470 g/mol. The number of benzene rings is 2. The second-order valence-electron chi connectivity index (χ2n) is 7.39. The number of aromatic nitrogens is 1. The van der Waals surface area contributed by atoms with Crippen LogP contribution < -0.4 is 20.1 Å². The molecule has 186 valence electrons. The first kappa shape index (κ1) is 26.1. The van der Waals surface area contributed by atoms with Crippen molar-refractivity contribution < 1.29 is 28.5 Å². The number of anilines is 1. The summed E-state index contributed by atoms with van der Waals surface area (Å²) in [7, 11) is 4.58. The summed E-state index contributed by atoms with van der Waals surface area (Å²) in [6, 6.07) is 11.9. The van der Waals surface area contributed by atoms with Crippen LogP contribution in [0.3, 0.4) is 0 Å². The van der Waals surface area contributed by atoms with Crippen molar-refractivity contribution >= 4 is 28.3 Å². The number of methoxy groups -OCH3 is 3. The second-order valence-corrected chi connectivity index (χ2v) is 8.25. The summed E-state index contributed by atoms with van der Waals surface area (Å²) < 4.78 is 21.3. The van der Waals surface area contributed by atoms with E-state index in [1.807, 2.05) is 30.5 Å². The van der Waals surface area contributed by atoms with Crippen LogP contribution in [0.5, 0.6) is 11.5 Å². The Balaban J connectivity index is 1.66. The highest BCUT2D eigenvalue weighted by Gasteiger charge is 2.15. The smallest absolute Gasteiger partial charge is 0.257 e. The SMILES string of the molecule is CCCOc1ccc(OC)c(-c2csc(NC(=O)c3ccc(C(=O)NCC(OC)OC)cc3)n2)c1. The summed E-state index contributed by atoms with van der Waals surface area (Å²) in [5.74, 6) is 0.766. The number of nitrogens with one attached hydrogen (secondary N) is 2. The zero-order valence-electron chi connectivity index (χ0n) is 20.1. The van der Waals surface area contributed by atoms with E-state index in [2.05, 4.69) is 15.6 Å². The Morgan fingerprint density at radius 1 is 1.00 bits per heavy atom. The van der Waals surface area contributed by atoms with Crippen LogP contribution in [0.4, 0.5) is 5.13 Å². The number of rotatable bonds is 12. The molecule has 2 N–H and O–H groups in total. The van der Waals surface area contributed by atoms with Gasteiger partial charge < -0.3 is 24.3 Å². The first-order valence-electron chi connectivity index (χ1n) is 11.0. The molecule has 10 heteroatoms. The summed E-state index contributed by atoms with van der Waals surface area (Å²) in [5.41, 5.74) is 2.26. The molecule has 0 bridgehead atoms. The fraction of sp³-hybridized carbons (Fsp3) is 0.320. The van der Waals surface area contributed by atoms with Crippen LogP contribution in [-0.4, -0.2) is 57.6 Å². The molecule has 0 saturated heterocycles. The van der Waals surface area contributed by atoms with Crippen molar-refractivity contribution in [3.8, 4) is 22.8 Å². The fourth-order valence-corrected chi connectivity index (χ4v) is 3.84. The van der Waals surface area contributed by atoms with Gasteiger partial charge in [-0.2, -0.15) is 0 Å². The Morgan fingerprint density at radius 2 is 1.69 bits per heavy atom. The molecule has 3 aromatic rings. The number of carbonyl (C=O) groups is 2. The lowest BCUT2D eigenvalue weighted by atomic mass is 10.1. The highest BCUT2D eigenvalue weighted by Crippen LogP contribution is 2.35. The van der Waals surface area contributed by atoms with Gasteiger partial charge >= 0.3 is 0 Å². The largest absolute Gasteiger partial charge is 0.496 e. The average Bonchev–Trinajstić information content (AvgIpc) is 3.36. The molecule has 0 fully saturated rings. The zero-order valence-corrected chi connectivity index (χ0v) is 20.9. The molecule has 0 radical (unpaired) electrons. The number of thiazole rings is 1. The van der Waals surface area contributed by atoms with E-state index in [1.165, 1.54) is 25.6 Å². The third-order valence-electron chi connectivity index (χ3n) is 5.01. The summed E-state index contributed by atoms with van der Waals surface area (Å²) in [6.45, 7) is 2.87. The van der Waals surface area contributed by atoms with Crippen molar-refractivity contribution in [2.75, 3.05) is 39.8 Å². The molecule has 1 aromatic heterocycles.